The largest absolute Gasteiger partial charge is 0.496 e. The van der Waals surface area contributed by atoms with E-state index in [2.05, 4.69) is 21.2 Å². The van der Waals surface area contributed by atoms with Crippen LogP contribution in [0.3, 0.4) is 0 Å². The summed E-state index contributed by atoms with van der Waals surface area (Å²) in [4.78, 5) is 25.4. The monoisotopic (exact) mass is 489 g/mol. The van der Waals surface area contributed by atoms with E-state index in [1.807, 2.05) is 30.3 Å². The number of methoxy groups -OCH3 is 1. The van der Waals surface area contributed by atoms with Crippen molar-refractivity contribution in [3.63, 3.8) is 0 Å². The topological polar surface area (TPSA) is 81.7 Å². The number of nitrogens with one attached hydrogen (secondary N) is 1. The van der Waals surface area contributed by atoms with Crippen LogP contribution in [0.25, 0.3) is 33.3 Å². The number of rotatable bonds is 4. The van der Waals surface area contributed by atoms with Crippen LogP contribution in [0.4, 0.5) is 5.69 Å². The molecule has 0 bridgehead atoms. The Kier molecular flexibility index (Phi) is 5.03. The van der Waals surface area contributed by atoms with Gasteiger partial charge in [-0.3, -0.25) is 9.59 Å². The van der Waals surface area contributed by atoms with Crippen LogP contribution < -0.4 is 15.5 Å². The van der Waals surface area contributed by atoms with Crippen molar-refractivity contribution in [3.8, 4) is 17.1 Å². The van der Waals surface area contributed by atoms with Gasteiger partial charge in [0.25, 0.3) is 5.91 Å². The van der Waals surface area contributed by atoms with Crippen LogP contribution in [-0.4, -0.2) is 13.0 Å². The van der Waals surface area contributed by atoms with Gasteiger partial charge >= 0.3 is 0 Å². The van der Waals surface area contributed by atoms with Crippen molar-refractivity contribution in [2.45, 2.75) is 0 Å². The van der Waals surface area contributed by atoms with Gasteiger partial charge in [-0.25, -0.2) is 0 Å². The molecule has 0 aliphatic heterocycles. The Hall–Kier alpha value is -3.84. The summed E-state index contributed by atoms with van der Waals surface area (Å²) in [5, 5.41) is 4.02. The zero-order valence-corrected chi connectivity index (χ0v) is 18.4. The average molecular weight is 490 g/mol. The number of ether oxygens (including phenoxy) is 1. The third kappa shape index (κ3) is 3.67. The molecule has 0 saturated carbocycles. The molecule has 5 rings (SSSR count). The number of benzene rings is 3. The Bertz CT molecular complexity index is 1550. The minimum atomic E-state index is -0.403. The van der Waals surface area contributed by atoms with E-state index in [1.54, 1.807) is 43.5 Å². The molecule has 0 fully saturated rings. The van der Waals surface area contributed by atoms with Crippen molar-refractivity contribution in [2.24, 2.45) is 0 Å². The first-order chi connectivity index (χ1) is 15.5. The Morgan fingerprint density at radius 2 is 1.78 bits per heavy atom. The van der Waals surface area contributed by atoms with Gasteiger partial charge in [-0.2, -0.15) is 0 Å². The molecule has 0 unspecified atom stereocenters. The summed E-state index contributed by atoms with van der Waals surface area (Å²) in [6.45, 7) is 0. The van der Waals surface area contributed by atoms with E-state index in [4.69, 9.17) is 13.6 Å². The molecule has 5 aromatic rings. The molecule has 6 nitrogen and oxygen atoms in total. The van der Waals surface area contributed by atoms with E-state index in [9.17, 15) is 9.59 Å². The number of para-hydroxylation sites is 1. The maximum atomic E-state index is 12.7. The van der Waals surface area contributed by atoms with Crippen LogP contribution in [0.1, 0.15) is 10.6 Å². The van der Waals surface area contributed by atoms with Crippen LogP contribution in [0.15, 0.2) is 90.9 Å². The fourth-order valence-corrected chi connectivity index (χ4v) is 3.91. The van der Waals surface area contributed by atoms with Gasteiger partial charge in [0.05, 0.1) is 18.1 Å². The van der Waals surface area contributed by atoms with Gasteiger partial charge in [-0.15, -0.1) is 0 Å². The number of amides is 1. The standard InChI is InChI=1S/C25H16BrNO5/c1-30-21-5-3-2-4-18(21)23-13-19(28)17-8-7-16(12-22(17)32-23)27-25(29)24-11-14-10-15(26)6-9-20(14)31-24/h2-13H,1H3,(H,27,29). The number of carbonyl (C=O) groups is 1. The van der Waals surface area contributed by atoms with Crippen molar-refractivity contribution >= 4 is 49.5 Å². The molecule has 32 heavy (non-hydrogen) atoms. The van der Waals surface area contributed by atoms with Crippen LogP contribution in [0.5, 0.6) is 5.75 Å². The molecule has 158 valence electrons. The lowest BCUT2D eigenvalue weighted by Gasteiger charge is -2.09. The van der Waals surface area contributed by atoms with Crippen molar-refractivity contribution in [2.75, 3.05) is 12.4 Å². The fraction of sp³-hybridized carbons (Fsp3) is 0.0400. The predicted octanol–water partition coefficient (Wildman–Crippen LogP) is 6.23. The average Bonchev–Trinajstić information content (AvgIpc) is 3.22. The quantitative estimate of drug-likeness (QED) is 0.323. The van der Waals surface area contributed by atoms with Crippen molar-refractivity contribution in [3.05, 3.63) is 93.3 Å². The predicted molar refractivity (Wildman–Crippen MR) is 126 cm³/mol. The number of hydrogen-bond donors (Lipinski definition) is 1. The summed E-state index contributed by atoms with van der Waals surface area (Å²) in [6, 6.07) is 20.8. The summed E-state index contributed by atoms with van der Waals surface area (Å²) in [5.74, 6) is 0.754. The zero-order valence-electron chi connectivity index (χ0n) is 16.8. The smallest absolute Gasteiger partial charge is 0.291 e. The maximum Gasteiger partial charge on any atom is 0.291 e. The van der Waals surface area contributed by atoms with E-state index >= 15 is 0 Å². The zero-order chi connectivity index (χ0) is 22.2. The first-order valence-electron chi connectivity index (χ1n) is 9.73. The molecule has 7 heteroatoms. The summed E-state index contributed by atoms with van der Waals surface area (Å²) in [7, 11) is 1.56. The van der Waals surface area contributed by atoms with Crippen molar-refractivity contribution in [1.29, 1.82) is 0 Å². The van der Waals surface area contributed by atoms with Gasteiger partial charge in [0, 0.05) is 27.7 Å². The molecule has 3 aromatic carbocycles. The first-order valence-corrected chi connectivity index (χ1v) is 10.5. The number of halogens is 1. The molecular weight excluding hydrogens is 474 g/mol. The van der Waals surface area contributed by atoms with E-state index < -0.39 is 5.91 Å². The first kappa shape index (κ1) is 20.1. The van der Waals surface area contributed by atoms with Crippen LogP contribution >= 0.6 is 15.9 Å². The third-order valence-corrected chi connectivity index (χ3v) is 5.55. The number of fused-ring (bicyclic) bond motifs is 2. The summed E-state index contributed by atoms with van der Waals surface area (Å²) < 4.78 is 17.9. The second-order valence-electron chi connectivity index (χ2n) is 7.13. The molecule has 0 radical (unpaired) electrons. The Morgan fingerprint density at radius 3 is 2.62 bits per heavy atom. The highest BCUT2D eigenvalue weighted by Gasteiger charge is 2.15. The highest BCUT2D eigenvalue weighted by atomic mass is 79.9. The van der Waals surface area contributed by atoms with E-state index in [-0.39, 0.29) is 11.2 Å². The third-order valence-electron chi connectivity index (χ3n) is 5.06. The summed E-state index contributed by atoms with van der Waals surface area (Å²) in [6.07, 6.45) is 0. The fourth-order valence-electron chi connectivity index (χ4n) is 3.53. The molecule has 1 amide bonds. The van der Waals surface area contributed by atoms with Gasteiger partial charge in [-0.05, 0) is 48.5 Å². The lowest BCUT2D eigenvalue weighted by atomic mass is 10.1. The molecular formula is C25H16BrNO5. The second kappa shape index (κ2) is 8.01. The van der Waals surface area contributed by atoms with Gasteiger partial charge in [0.1, 0.15) is 22.7 Å². The normalized spacial score (nSPS) is 11.1. The SMILES string of the molecule is COc1ccccc1-c1cc(=O)c2ccc(NC(=O)c3cc4cc(Br)ccc4o3)cc2o1. The van der Waals surface area contributed by atoms with Crippen molar-refractivity contribution in [1.82, 2.24) is 0 Å². The minimum Gasteiger partial charge on any atom is -0.496 e. The number of hydrogen-bond acceptors (Lipinski definition) is 5. The molecule has 0 aliphatic carbocycles. The lowest BCUT2D eigenvalue weighted by molar-refractivity contribution is 0.0998. The molecule has 0 atom stereocenters. The number of anilines is 1. The van der Waals surface area contributed by atoms with Crippen LogP contribution in [0.2, 0.25) is 0 Å². The molecule has 0 saturated heterocycles. The van der Waals surface area contributed by atoms with Gasteiger partial charge in [0.15, 0.2) is 11.2 Å². The molecule has 0 aliphatic rings. The Labute approximate surface area is 190 Å². The van der Waals surface area contributed by atoms with Crippen LogP contribution in [0, 0.1) is 0 Å². The minimum absolute atomic E-state index is 0.183. The maximum absolute atomic E-state index is 12.7. The molecule has 1 N–H and O–H groups in total. The van der Waals surface area contributed by atoms with Gasteiger partial charge in [0.2, 0.25) is 0 Å². The lowest BCUT2D eigenvalue weighted by Crippen LogP contribution is -2.11. The highest BCUT2D eigenvalue weighted by molar-refractivity contribution is 9.10. The van der Waals surface area contributed by atoms with E-state index in [1.165, 1.54) is 6.07 Å². The molecule has 0 spiro atoms. The Morgan fingerprint density at radius 1 is 0.938 bits per heavy atom. The number of furan rings is 1. The second-order valence-corrected chi connectivity index (χ2v) is 8.05. The number of carbonyl (C=O) groups excluding carboxylic acids is 1. The summed E-state index contributed by atoms with van der Waals surface area (Å²) in [5.41, 5.74) is 1.92. The van der Waals surface area contributed by atoms with E-state index in [0.29, 0.717) is 39.3 Å². The summed E-state index contributed by atoms with van der Waals surface area (Å²) >= 11 is 3.41. The van der Waals surface area contributed by atoms with Gasteiger partial charge < -0.3 is 18.9 Å². The molecule has 2 aromatic heterocycles. The van der Waals surface area contributed by atoms with Crippen LogP contribution in [-0.2, 0) is 0 Å². The van der Waals surface area contributed by atoms with Crippen molar-refractivity contribution < 1.29 is 18.4 Å². The van der Waals surface area contributed by atoms with E-state index in [0.717, 1.165) is 9.86 Å². The Balaban J connectivity index is 1.50. The molecule has 2 heterocycles. The highest BCUT2D eigenvalue weighted by Crippen LogP contribution is 2.31. The van der Waals surface area contributed by atoms with Gasteiger partial charge in [-0.1, -0.05) is 28.1 Å².